The van der Waals surface area contributed by atoms with Gasteiger partial charge in [0.05, 0.1) is 0 Å². The molecule has 0 aliphatic rings. The molecular weight excluding hydrogens is 230 g/mol. The van der Waals surface area contributed by atoms with Gasteiger partial charge >= 0.3 is 0 Å². The Balaban J connectivity index is 2.69. The van der Waals surface area contributed by atoms with Crippen molar-refractivity contribution in [2.24, 2.45) is 16.8 Å². The molecule has 0 bridgehead atoms. The Labute approximate surface area is 107 Å². The van der Waals surface area contributed by atoms with Gasteiger partial charge in [0.15, 0.2) is 0 Å². The van der Waals surface area contributed by atoms with Crippen LogP contribution in [-0.2, 0) is 0 Å². The van der Waals surface area contributed by atoms with Gasteiger partial charge in [0.1, 0.15) is 5.84 Å². The minimum absolute atomic E-state index is 0.108. The van der Waals surface area contributed by atoms with Gasteiger partial charge in [0.2, 0.25) is 0 Å². The van der Waals surface area contributed by atoms with Crippen molar-refractivity contribution in [2.45, 2.75) is 20.8 Å². The molecule has 18 heavy (non-hydrogen) atoms. The molecule has 1 amide bonds. The lowest BCUT2D eigenvalue weighted by atomic mass is 10.0. The largest absolute Gasteiger partial charge is 0.409 e. The van der Waals surface area contributed by atoms with Crippen molar-refractivity contribution < 1.29 is 10.0 Å². The van der Waals surface area contributed by atoms with E-state index >= 15 is 0 Å². The highest BCUT2D eigenvalue weighted by Gasteiger charge is 2.12. The van der Waals surface area contributed by atoms with E-state index in [1.54, 1.807) is 6.92 Å². The van der Waals surface area contributed by atoms with Crippen LogP contribution in [0.2, 0.25) is 0 Å². The molecule has 0 fully saturated rings. The average Bonchev–Trinajstić information content (AvgIpc) is 2.37. The first kappa shape index (κ1) is 14.0. The summed E-state index contributed by atoms with van der Waals surface area (Å²) in [6.07, 6.45) is 0. The molecule has 5 nitrogen and oxygen atoms in total. The number of nitrogens with two attached hydrogens (primary N) is 1. The minimum Gasteiger partial charge on any atom is -0.409 e. The molecule has 98 valence electrons. The molecule has 1 unspecified atom stereocenters. The van der Waals surface area contributed by atoms with Gasteiger partial charge in [-0.1, -0.05) is 29.8 Å². The van der Waals surface area contributed by atoms with E-state index in [0.717, 1.165) is 11.1 Å². The Morgan fingerprint density at radius 3 is 2.78 bits per heavy atom. The van der Waals surface area contributed by atoms with Crippen LogP contribution in [0.15, 0.2) is 23.4 Å². The van der Waals surface area contributed by atoms with Crippen LogP contribution in [0.3, 0.4) is 0 Å². The number of hydrogen-bond acceptors (Lipinski definition) is 3. The van der Waals surface area contributed by atoms with Gasteiger partial charge in [-0.2, -0.15) is 0 Å². The van der Waals surface area contributed by atoms with Crippen LogP contribution in [0.25, 0.3) is 0 Å². The third kappa shape index (κ3) is 3.48. The van der Waals surface area contributed by atoms with E-state index < -0.39 is 0 Å². The summed E-state index contributed by atoms with van der Waals surface area (Å²) in [6, 6.07) is 5.72. The lowest BCUT2D eigenvalue weighted by Gasteiger charge is -2.12. The molecule has 1 rings (SSSR count). The molecule has 0 aromatic heterocycles. The topological polar surface area (TPSA) is 87.7 Å². The van der Waals surface area contributed by atoms with Crippen LogP contribution >= 0.6 is 0 Å². The average molecular weight is 249 g/mol. The van der Waals surface area contributed by atoms with E-state index in [1.165, 1.54) is 0 Å². The Kier molecular flexibility index (Phi) is 4.71. The smallest absolute Gasteiger partial charge is 0.251 e. The summed E-state index contributed by atoms with van der Waals surface area (Å²) in [6.45, 7) is 5.94. The summed E-state index contributed by atoms with van der Waals surface area (Å²) in [5, 5.41) is 14.2. The fourth-order valence-electron chi connectivity index (χ4n) is 1.52. The first-order valence-electron chi connectivity index (χ1n) is 5.78. The maximum Gasteiger partial charge on any atom is 0.251 e. The molecule has 0 spiro atoms. The molecule has 4 N–H and O–H groups in total. The zero-order valence-corrected chi connectivity index (χ0v) is 10.9. The molecule has 1 aromatic carbocycles. The second kappa shape index (κ2) is 6.05. The lowest BCUT2D eigenvalue weighted by Crippen LogP contribution is -2.34. The summed E-state index contributed by atoms with van der Waals surface area (Å²) in [4.78, 5) is 12.0. The maximum atomic E-state index is 12.0. The van der Waals surface area contributed by atoms with Crippen LogP contribution in [0.5, 0.6) is 0 Å². The monoisotopic (exact) mass is 249 g/mol. The minimum atomic E-state index is -0.205. The van der Waals surface area contributed by atoms with Gasteiger partial charge in [0.25, 0.3) is 5.91 Å². The van der Waals surface area contributed by atoms with E-state index in [0.29, 0.717) is 12.1 Å². The van der Waals surface area contributed by atoms with Crippen LogP contribution in [0.4, 0.5) is 0 Å². The number of carbonyl (C=O) groups is 1. The van der Waals surface area contributed by atoms with Gasteiger partial charge in [-0.15, -0.1) is 0 Å². The van der Waals surface area contributed by atoms with Crippen molar-refractivity contribution in [1.29, 1.82) is 0 Å². The van der Waals surface area contributed by atoms with Gasteiger partial charge < -0.3 is 16.3 Å². The molecule has 0 aliphatic heterocycles. The number of carbonyl (C=O) groups excluding carboxylic acids is 1. The van der Waals surface area contributed by atoms with Crippen molar-refractivity contribution >= 4 is 11.7 Å². The summed E-state index contributed by atoms with van der Waals surface area (Å²) >= 11 is 0. The molecule has 1 aromatic rings. The number of amidine groups is 1. The zero-order chi connectivity index (χ0) is 13.7. The van der Waals surface area contributed by atoms with Gasteiger partial charge in [-0.3, -0.25) is 4.79 Å². The molecule has 0 aliphatic carbocycles. The SMILES string of the molecule is Cc1ccc(C)c(C(=O)NCC(C)/C(N)=N/O)c1. The molecule has 1 atom stereocenters. The number of oxime groups is 1. The van der Waals surface area contributed by atoms with E-state index in [1.807, 2.05) is 32.0 Å². The molecule has 5 heteroatoms. The van der Waals surface area contributed by atoms with Gasteiger partial charge in [-0.25, -0.2) is 0 Å². The summed E-state index contributed by atoms with van der Waals surface area (Å²) in [5.41, 5.74) is 8.06. The third-order valence-electron chi connectivity index (χ3n) is 2.83. The predicted octanol–water partition coefficient (Wildman–Crippen LogP) is 1.42. The molecule has 0 radical (unpaired) electrons. The van der Waals surface area contributed by atoms with E-state index in [4.69, 9.17) is 10.9 Å². The number of nitrogens with zero attached hydrogens (tertiary/aromatic N) is 1. The number of rotatable bonds is 4. The maximum absolute atomic E-state index is 12.0. The third-order valence-corrected chi connectivity index (χ3v) is 2.83. The normalized spacial score (nSPS) is 13.2. The molecule has 0 saturated heterocycles. The number of amides is 1. The lowest BCUT2D eigenvalue weighted by molar-refractivity contribution is 0.0950. The second-order valence-corrected chi connectivity index (χ2v) is 4.45. The Bertz CT molecular complexity index is 469. The van der Waals surface area contributed by atoms with E-state index in [9.17, 15) is 4.79 Å². The Morgan fingerprint density at radius 1 is 1.50 bits per heavy atom. The summed E-state index contributed by atoms with van der Waals surface area (Å²) in [7, 11) is 0. The Hall–Kier alpha value is -2.04. The van der Waals surface area contributed by atoms with Crippen molar-refractivity contribution in [3.05, 3.63) is 34.9 Å². The molecular formula is C13H19N3O2. The van der Waals surface area contributed by atoms with Crippen molar-refractivity contribution in [3.8, 4) is 0 Å². The van der Waals surface area contributed by atoms with Crippen molar-refractivity contribution in [3.63, 3.8) is 0 Å². The standard InChI is InChI=1S/C13H19N3O2/c1-8-4-5-9(2)11(6-8)13(17)15-7-10(3)12(14)16-18/h4-6,10,18H,7H2,1-3H3,(H2,14,16)(H,15,17). The van der Waals surface area contributed by atoms with Gasteiger partial charge in [0, 0.05) is 18.0 Å². The fraction of sp³-hybridized carbons (Fsp3) is 0.385. The van der Waals surface area contributed by atoms with Crippen LogP contribution in [-0.4, -0.2) is 23.5 Å². The summed E-state index contributed by atoms with van der Waals surface area (Å²) < 4.78 is 0. The quantitative estimate of drug-likeness (QED) is 0.326. The number of aryl methyl sites for hydroxylation is 2. The number of nitrogens with one attached hydrogen (secondary N) is 1. The number of benzene rings is 1. The van der Waals surface area contributed by atoms with Crippen LogP contribution in [0, 0.1) is 19.8 Å². The van der Waals surface area contributed by atoms with Crippen LogP contribution in [0.1, 0.15) is 28.4 Å². The van der Waals surface area contributed by atoms with Crippen molar-refractivity contribution in [2.75, 3.05) is 6.54 Å². The van der Waals surface area contributed by atoms with Crippen LogP contribution < -0.4 is 11.1 Å². The summed E-state index contributed by atoms with van der Waals surface area (Å²) in [5.74, 6) is -0.242. The zero-order valence-electron chi connectivity index (χ0n) is 10.9. The van der Waals surface area contributed by atoms with E-state index in [2.05, 4.69) is 10.5 Å². The highest BCUT2D eigenvalue weighted by atomic mass is 16.4. The molecule has 0 heterocycles. The highest BCUT2D eigenvalue weighted by molar-refractivity contribution is 5.96. The molecule has 0 saturated carbocycles. The first-order chi connectivity index (χ1) is 8.45. The second-order valence-electron chi connectivity index (χ2n) is 4.45. The Morgan fingerprint density at radius 2 is 2.17 bits per heavy atom. The first-order valence-corrected chi connectivity index (χ1v) is 5.78. The predicted molar refractivity (Wildman–Crippen MR) is 70.8 cm³/mol. The fourth-order valence-corrected chi connectivity index (χ4v) is 1.52. The van der Waals surface area contributed by atoms with E-state index in [-0.39, 0.29) is 17.7 Å². The van der Waals surface area contributed by atoms with Gasteiger partial charge in [-0.05, 0) is 25.5 Å². The number of hydrogen-bond donors (Lipinski definition) is 3. The van der Waals surface area contributed by atoms with Crippen molar-refractivity contribution in [1.82, 2.24) is 5.32 Å². The highest BCUT2D eigenvalue weighted by Crippen LogP contribution is 2.10.